The topological polar surface area (TPSA) is 95.9 Å². The summed E-state index contributed by atoms with van der Waals surface area (Å²) in [6, 6.07) is 17.4. The minimum atomic E-state index is -0.817. The summed E-state index contributed by atoms with van der Waals surface area (Å²) in [4.78, 5) is 42.9. The molecule has 2 N–H and O–H groups in total. The van der Waals surface area contributed by atoms with Crippen LogP contribution in [-0.4, -0.2) is 56.5 Å². The third-order valence-corrected chi connectivity index (χ3v) is 9.99. The Bertz CT molecular complexity index is 1150. The van der Waals surface area contributed by atoms with E-state index in [9.17, 15) is 19.5 Å². The van der Waals surface area contributed by atoms with Crippen LogP contribution in [0.4, 0.5) is 0 Å². The van der Waals surface area contributed by atoms with Crippen molar-refractivity contribution in [2.75, 3.05) is 13.2 Å². The Hall–Kier alpha value is -2.84. The number of carbonyl (C=O) groups is 3. The number of hydrogen-bond donors (Lipinski definition) is 2. The predicted molar refractivity (Wildman–Crippen MR) is 137 cm³/mol. The van der Waals surface area contributed by atoms with Crippen LogP contribution < -0.4 is 5.32 Å². The fourth-order valence-electron chi connectivity index (χ4n) is 6.50. The first-order chi connectivity index (χ1) is 17.4. The number of likely N-dealkylation sites (tertiary alicyclic amines) is 1. The minimum Gasteiger partial charge on any atom is -0.466 e. The van der Waals surface area contributed by atoms with Gasteiger partial charge >= 0.3 is 5.97 Å². The Labute approximate surface area is 215 Å². The lowest BCUT2D eigenvalue weighted by Crippen LogP contribution is -2.54. The van der Waals surface area contributed by atoms with Crippen LogP contribution in [0.1, 0.15) is 43.9 Å². The van der Waals surface area contributed by atoms with Gasteiger partial charge in [-0.2, -0.15) is 0 Å². The summed E-state index contributed by atoms with van der Waals surface area (Å²) in [5.74, 6) is -2.20. The standard InChI is InChI=1S/C28H32N2O5S/c1-3-35-26(34)22-21-25(33)30(20(17-31)19-12-8-5-9-13-19)23(28(21)15-14-27(22,2)36-28)24(32)29-16-18-10-6-4-7-11-18/h4-13,20-23,31H,3,14-17H2,1-2H3,(H,29,32)/t20-,21+,22+,23?,27-,28?/m1/s1. The number of hydrogen-bond acceptors (Lipinski definition) is 6. The van der Waals surface area contributed by atoms with Crippen molar-refractivity contribution in [3.63, 3.8) is 0 Å². The molecule has 3 aliphatic heterocycles. The van der Waals surface area contributed by atoms with Crippen molar-refractivity contribution in [3.05, 3.63) is 71.8 Å². The molecule has 3 saturated heterocycles. The molecule has 1 spiro atoms. The molecule has 2 amide bonds. The molecule has 7 nitrogen and oxygen atoms in total. The number of rotatable bonds is 8. The molecule has 36 heavy (non-hydrogen) atoms. The summed E-state index contributed by atoms with van der Waals surface area (Å²) >= 11 is 1.60. The van der Waals surface area contributed by atoms with Gasteiger partial charge in [0.2, 0.25) is 11.8 Å². The molecule has 2 aromatic rings. The number of ether oxygens (including phenoxy) is 1. The number of benzene rings is 2. The van der Waals surface area contributed by atoms with E-state index >= 15 is 0 Å². The number of esters is 1. The molecule has 6 atom stereocenters. The molecule has 3 fully saturated rings. The minimum absolute atomic E-state index is 0.234. The Morgan fingerprint density at radius 2 is 1.81 bits per heavy atom. The lowest BCUT2D eigenvalue weighted by atomic mass is 9.66. The van der Waals surface area contributed by atoms with Crippen LogP contribution in [0.25, 0.3) is 0 Å². The van der Waals surface area contributed by atoms with E-state index in [0.717, 1.165) is 17.5 Å². The quantitative estimate of drug-likeness (QED) is 0.532. The zero-order valence-electron chi connectivity index (χ0n) is 20.6. The summed E-state index contributed by atoms with van der Waals surface area (Å²) in [7, 11) is 0. The molecule has 8 heteroatoms. The van der Waals surface area contributed by atoms with E-state index in [1.165, 1.54) is 0 Å². The number of carbonyl (C=O) groups excluding carboxylic acids is 3. The Balaban J connectivity index is 1.56. The van der Waals surface area contributed by atoms with Gasteiger partial charge in [-0.1, -0.05) is 60.7 Å². The van der Waals surface area contributed by atoms with Gasteiger partial charge in [0.15, 0.2) is 0 Å². The highest BCUT2D eigenvalue weighted by atomic mass is 32.2. The molecule has 2 bridgehead atoms. The first-order valence-electron chi connectivity index (χ1n) is 12.5. The summed E-state index contributed by atoms with van der Waals surface area (Å²) in [5, 5.41) is 13.5. The Morgan fingerprint density at radius 3 is 2.44 bits per heavy atom. The SMILES string of the molecule is CCOC(=O)[C@@H]1[C@H]2C(=O)N([C@H](CO)c3ccccc3)C(C(=O)NCc3ccccc3)C23CC[C@@]1(C)S3. The van der Waals surface area contributed by atoms with Crippen molar-refractivity contribution in [3.8, 4) is 0 Å². The first-order valence-corrected chi connectivity index (χ1v) is 13.3. The summed E-state index contributed by atoms with van der Waals surface area (Å²) in [5.41, 5.74) is 1.71. The van der Waals surface area contributed by atoms with Crippen LogP contribution in [0.15, 0.2) is 60.7 Å². The molecule has 2 unspecified atom stereocenters. The van der Waals surface area contributed by atoms with Crippen LogP contribution in [-0.2, 0) is 25.7 Å². The van der Waals surface area contributed by atoms with Crippen LogP contribution in [0, 0.1) is 11.8 Å². The molecule has 0 saturated carbocycles. The molecule has 0 radical (unpaired) electrons. The lowest BCUT2D eigenvalue weighted by Gasteiger charge is -2.37. The second-order valence-electron chi connectivity index (χ2n) is 10.0. The van der Waals surface area contributed by atoms with Crippen molar-refractivity contribution in [1.82, 2.24) is 10.2 Å². The number of amides is 2. The number of thioether (sulfide) groups is 1. The average molecular weight is 509 g/mol. The number of aliphatic hydroxyl groups is 1. The predicted octanol–water partition coefficient (Wildman–Crippen LogP) is 3.08. The molecular formula is C28H32N2O5S. The van der Waals surface area contributed by atoms with Gasteiger partial charge in [-0.25, -0.2) is 0 Å². The van der Waals surface area contributed by atoms with E-state index in [-0.39, 0.29) is 31.0 Å². The van der Waals surface area contributed by atoms with Crippen molar-refractivity contribution in [2.45, 2.75) is 54.8 Å². The number of fused-ring (bicyclic) bond motifs is 1. The number of aliphatic hydroxyl groups excluding tert-OH is 1. The average Bonchev–Trinajstić information content (AvgIpc) is 3.46. The van der Waals surface area contributed by atoms with Gasteiger partial charge in [-0.3, -0.25) is 14.4 Å². The number of nitrogens with zero attached hydrogens (tertiary/aromatic N) is 1. The second kappa shape index (κ2) is 9.56. The maximum Gasteiger partial charge on any atom is 0.311 e. The van der Waals surface area contributed by atoms with E-state index < -0.39 is 33.4 Å². The molecule has 2 aromatic carbocycles. The van der Waals surface area contributed by atoms with E-state index in [2.05, 4.69) is 5.32 Å². The zero-order valence-corrected chi connectivity index (χ0v) is 21.4. The largest absolute Gasteiger partial charge is 0.466 e. The van der Waals surface area contributed by atoms with Crippen molar-refractivity contribution >= 4 is 29.5 Å². The summed E-state index contributed by atoms with van der Waals surface area (Å²) in [6.45, 7) is 4.02. The van der Waals surface area contributed by atoms with Crippen molar-refractivity contribution < 1.29 is 24.2 Å². The molecule has 5 rings (SSSR count). The van der Waals surface area contributed by atoms with Gasteiger partial charge in [0, 0.05) is 11.3 Å². The maximum absolute atomic E-state index is 14.2. The molecule has 0 aromatic heterocycles. The monoisotopic (exact) mass is 508 g/mol. The maximum atomic E-state index is 14.2. The van der Waals surface area contributed by atoms with Gasteiger partial charge < -0.3 is 20.1 Å². The highest BCUT2D eigenvalue weighted by molar-refractivity contribution is 8.02. The summed E-state index contributed by atoms with van der Waals surface area (Å²) < 4.78 is 4.20. The fraction of sp³-hybridized carbons (Fsp3) is 0.464. The van der Waals surface area contributed by atoms with Crippen LogP contribution in [0.3, 0.4) is 0 Å². The zero-order chi connectivity index (χ0) is 25.5. The smallest absolute Gasteiger partial charge is 0.311 e. The van der Waals surface area contributed by atoms with Crippen molar-refractivity contribution in [1.29, 1.82) is 0 Å². The van der Waals surface area contributed by atoms with Gasteiger partial charge in [0.25, 0.3) is 0 Å². The third-order valence-electron chi connectivity index (χ3n) is 8.01. The van der Waals surface area contributed by atoms with Gasteiger partial charge in [-0.05, 0) is 37.8 Å². The number of nitrogens with one attached hydrogen (secondary N) is 1. The highest BCUT2D eigenvalue weighted by Gasteiger charge is 2.78. The Morgan fingerprint density at radius 1 is 1.14 bits per heavy atom. The fourth-order valence-corrected chi connectivity index (χ4v) is 8.83. The van der Waals surface area contributed by atoms with E-state index in [4.69, 9.17) is 4.74 Å². The third kappa shape index (κ3) is 3.82. The molecule has 0 aliphatic carbocycles. The summed E-state index contributed by atoms with van der Waals surface area (Å²) in [6.07, 6.45) is 1.36. The second-order valence-corrected chi connectivity index (χ2v) is 11.9. The van der Waals surface area contributed by atoms with Gasteiger partial charge in [0.1, 0.15) is 6.04 Å². The normalized spacial score (nSPS) is 31.2. The Kier molecular flexibility index (Phi) is 6.59. The highest BCUT2D eigenvalue weighted by Crippen LogP contribution is 2.72. The molecule has 3 heterocycles. The van der Waals surface area contributed by atoms with Crippen molar-refractivity contribution in [2.24, 2.45) is 11.8 Å². The van der Waals surface area contributed by atoms with Gasteiger partial charge in [-0.15, -0.1) is 11.8 Å². The van der Waals surface area contributed by atoms with E-state index in [1.54, 1.807) is 23.6 Å². The van der Waals surface area contributed by atoms with E-state index in [0.29, 0.717) is 13.0 Å². The van der Waals surface area contributed by atoms with Crippen LogP contribution in [0.2, 0.25) is 0 Å². The molecular weight excluding hydrogens is 476 g/mol. The van der Waals surface area contributed by atoms with Crippen LogP contribution in [0.5, 0.6) is 0 Å². The molecule has 190 valence electrons. The molecule has 3 aliphatic rings. The van der Waals surface area contributed by atoms with Gasteiger partial charge in [0.05, 0.1) is 35.8 Å². The lowest BCUT2D eigenvalue weighted by molar-refractivity contribution is -0.155. The first kappa shape index (κ1) is 24.8. The van der Waals surface area contributed by atoms with E-state index in [1.807, 2.05) is 67.6 Å². The van der Waals surface area contributed by atoms with Crippen LogP contribution >= 0.6 is 11.8 Å².